The molecule has 2 heterocycles. The number of hydrogen-bond donors (Lipinski definition) is 3. The predicted octanol–water partition coefficient (Wildman–Crippen LogP) is 0.149. The standard InChI is InChI=1S/C9H10N6OS/c10-13-8-2-1-7(14-15-8)9(16)11-3-6-4-17-5-12-6/h1-2,4-5H,3,10H2,(H,11,16)(H,13,15). The number of nitrogen functional groups attached to an aromatic ring is 1. The normalized spacial score (nSPS) is 9.94. The molecule has 2 aromatic rings. The van der Waals surface area contributed by atoms with Crippen molar-refractivity contribution in [3.05, 3.63) is 34.4 Å². The van der Waals surface area contributed by atoms with Gasteiger partial charge in [0.15, 0.2) is 11.5 Å². The number of hydrogen-bond acceptors (Lipinski definition) is 7. The van der Waals surface area contributed by atoms with Crippen molar-refractivity contribution in [1.29, 1.82) is 0 Å². The molecule has 7 nitrogen and oxygen atoms in total. The predicted molar refractivity (Wildman–Crippen MR) is 63.1 cm³/mol. The van der Waals surface area contributed by atoms with Crippen LogP contribution in [0.1, 0.15) is 16.2 Å². The van der Waals surface area contributed by atoms with E-state index in [1.54, 1.807) is 17.6 Å². The summed E-state index contributed by atoms with van der Waals surface area (Å²) in [4.78, 5) is 15.7. The van der Waals surface area contributed by atoms with E-state index in [0.717, 1.165) is 5.69 Å². The second-order valence-corrected chi connectivity index (χ2v) is 3.83. The number of carbonyl (C=O) groups excluding carboxylic acids is 1. The van der Waals surface area contributed by atoms with Gasteiger partial charge in [0.05, 0.1) is 17.7 Å². The largest absolute Gasteiger partial charge is 0.345 e. The molecule has 4 N–H and O–H groups in total. The van der Waals surface area contributed by atoms with Crippen LogP contribution in [0, 0.1) is 0 Å². The Balaban J connectivity index is 1.95. The zero-order valence-electron chi connectivity index (χ0n) is 8.75. The van der Waals surface area contributed by atoms with Gasteiger partial charge in [0.25, 0.3) is 5.91 Å². The van der Waals surface area contributed by atoms with Crippen LogP contribution in [0.15, 0.2) is 23.0 Å². The van der Waals surface area contributed by atoms with E-state index in [-0.39, 0.29) is 11.6 Å². The van der Waals surface area contributed by atoms with Gasteiger partial charge in [-0.2, -0.15) is 0 Å². The Hall–Kier alpha value is -2.06. The summed E-state index contributed by atoms with van der Waals surface area (Å²) in [6.07, 6.45) is 0. The van der Waals surface area contributed by atoms with Gasteiger partial charge in [-0.1, -0.05) is 0 Å². The molecule has 0 aliphatic rings. The molecule has 0 fully saturated rings. The average Bonchev–Trinajstić information content (AvgIpc) is 2.89. The lowest BCUT2D eigenvalue weighted by atomic mass is 10.3. The number of rotatable bonds is 4. The Labute approximate surface area is 101 Å². The van der Waals surface area contributed by atoms with E-state index in [9.17, 15) is 4.79 Å². The van der Waals surface area contributed by atoms with Gasteiger partial charge in [-0.05, 0) is 12.1 Å². The third kappa shape index (κ3) is 2.95. The second kappa shape index (κ2) is 5.32. The number of hydrazine groups is 1. The fourth-order valence-corrected chi connectivity index (χ4v) is 1.67. The second-order valence-electron chi connectivity index (χ2n) is 3.11. The Kier molecular flexibility index (Phi) is 3.58. The highest BCUT2D eigenvalue weighted by Crippen LogP contribution is 2.02. The average molecular weight is 250 g/mol. The zero-order chi connectivity index (χ0) is 12.1. The van der Waals surface area contributed by atoms with Gasteiger partial charge in [-0.15, -0.1) is 21.5 Å². The smallest absolute Gasteiger partial charge is 0.272 e. The first-order valence-corrected chi connectivity index (χ1v) is 5.69. The number of nitrogens with zero attached hydrogens (tertiary/aromatic N) is 3. The van der Waals surface area contributed by atoms with Crippen LogP contribution in [-0.4, -0.2) is 21.1 Å². The van der Waals surface area contributed by atoms with Gasteiger partial charge in [0.2, 0.25) is 0 Å². The van der Waals surface area contributed by atoms with Crippen LogP contribution in [-0.2, 0) is 6.54 Å². The molecule has 0 aliphatic heterocycles. The van der Waals surface area contributed by atoms with E-state index < -0.39 is 0 Å². The first-order valence-electron chi connectivity index (χ1n) is 4.75. The van der Waals surface area contributed by atoms with Crippen LogP contribution in [0.3, 0.4) is 0 Å². The third-order valence-electron chi connectivity index (χ3n) is 1.96. The van der Waals surface area contributed by atoms with Gasteiger partial charge in [0, 0.05) is 5.38 Å². The maximum Gasteiger partial charge on any atom is 0.272 e. The van der Waals surface area contributed by atoms with E-state index in [2.05, 4.69) is 25.9 Å². The molecule has 17 heavy (non-hydrogen) atoms. The lowest BCUT2D eigenvalue weighted by Gasteiger charge is -2.02. The van der Waals surface area contributed by atoms with E-state index in [4.69, 9.17) is 5.84 Å². The van der Waals surface area contributed by atoms with Gasteiger partial charge in [-0.25, -0.2) is 10.8 Å². The number of aromatic nitrogens is 3. The Morgan fingerprint density at radius 2 is 2.29 bits per heavy atom. The molecular weight excluding hydrogens is 240 g/mol. The number of amides is 1. The maximum absolute atomic E-state index is 11.6. The monoisotopic (exact) mass is 250 g/mol. The summed E-state index contributed by atoms with van der Waals surface area (Å²) in [5, 5.41) is 12.0. The van der Waals surface area contributed by atoms with Crippen LogP contribution in [0.4, 0.5) is 5.82 Å². The maximum atomic E-state index is 11.6. The number of thiazole rings is 1. The summed E-state index contributed by atoms with van der Waals surface area (Å²) in [7, 11) is 0. The quantitative estimate of drug-likeness (QED) is 0.527. The summed E-state index contributed by atoms with van der Waals surface area (Å²) in [5.74, 6) is 5.25. The molecule has 0 unspecified atom stereocenters. The molecule has 0 saturated carbocycles. The van der Waals surface area contributed by atoms with Crippen LogP contribution < -0.4 is 16.6 Å². The van der Waals surface area contributed by atoms with Gasteiger partial charge in [0.1, 0.15) is 0 Å². The fraction of sp³-hybridized carbons (Fsp3) is 0.111. The third-order valence-corrected chi connectivity index (χ3v) is 2.59. The van der Waals surface area contributed by atoms with Crippen LogP contribution in [0.25, 0.3) is 0 Å². The van der Waals surface area contributed by atoms with Crippen LogP contribution in [0.5, 0.6) is 0 Å². The molecular formula is C9H10N6OS. The summed E-state index contributed by atoms with van der Waals surface area (Å²) in [6, 6.07) is 3.11. The van der Waals surface area contributed by atoms with Crippen molar-refractivity contribution in [1.82, 2.24) is 20.5 Å². The molecule has 2 aromatic heterocycles. The van der Waals surface area contributed by atoms with E-state index >= 15 is 0 Å². The minimum absolute atomic E-state index is 0.235. The van der Waals surface area contributed by atoms with Crippen LogP contribution in [0.2, 0.25) is 0 Å². The fourth-order valence-electron chi connectivity index (χ4n) is 1.12. The van der Waals surface area contributed by atoms with Crippen molar-refractivity contribution in [3.8, 4) is 0 Å². The molecule has 1 amide bonds. The topological polar surface area (TPSA) is 106 Å². The number of anilines is 1. The molecule has 88 valence electrons. The van der Waals surface area contributed by atoms with Gasteiger partial charge in [-0.3, -0.25) is 4.79 Å². The molecule has 2 rings (SSSR count). The van der Waals surface area contributed by atoms with Gasteiger partial charge >= 0.3 is 0 Å². The van der Waals surface area contributed by atoms with Crippen molar-refractivity contribution >= 4 is 23.1 Å². The number of nitrogens with two attached hydrogens (primary N) is 1. The minimum Gasteiger partial charge on any atom is -0.345 e. The summed E-state index contributed by atoms with van der Waals surface area (Å²) >= 11 is 1.48. The highest BCUT2D eigenvalue weighted by molar-refractivity contribution is 7.07. The lowest BCUT2D eigenvalue weighted by Crippen LogP contribution is -2.24. The summed E-state index contributed by atoms with van der Waals surface area (Å²) < 4.78 is 0. The SMILES string of the molecule is NNc1ccc(C(=O)NCc2cscn2)nn1. The van der Waals surface area contributed by atoms with Crippen molar-refractivity contribution in [2.75, 3.05) is 5.43 Å². The molecule has 0 saturated heterocycles. The molecule has 0 bridgehead atoms. The summed E-state index contributed by atoms with van der Waals surface area (Å²) in [6.45, 7) is 0.376. The lowest BCUT2D eigenvalue weighted by molar-refractivity contribution is 0.0944. The molecule has 0 atom stereocenters. The molecule has 0 radical (unpaired) electrons. The van der Waals surface area contributed by atoms with Gasteiger partial charge < -0.3 is 10.7 Å². The number of nitrogens with one attached hydrogen (secondary N) is 2. The first-order chi connectivity index (χ1) is 8.29. The van der Waals surface area contributed by atoms with E-state index in [1.165, 1.54) is 11.3 Å². The zero-order valence-corrected chi connectivity index (χ0v) is 9.57. The molecule has 0 aromatic carbocycles. The van der Waals surface area contributed by atoms with Crippen molar-refractivity contribution < 1.29 is 4.79 Å². The summed E-state index contributed by atoms with van der Waals surface area (Å²) in [5.41, 5.74) is 5.10. The molecule has 0 spiro atoms. The van der Waals surface area contributed by atoms with Crippen molar-refractivity contribution in [2.45, 2.75) is 6.54 Å². The molecule has 8 heteroatoms. The first kappa shape index (κ1) is 11.4. The van der Waals surface area contributed by atoms with Crippen molar-refractivity contribution in [2.24, 2.45) is 5.84 Å². The Morgan fingerprint density at radius 3 is 2.88 bits per heavy atom. The van der Waals surface area contributed by atoms with E-state index in [0.29, 0.717) is 12.4 Å². The van der Waals surface area contributed by atoms with E-state index in [1.807, 2.05) is 5.38 Å². The highest BCUT2D eigenvalue weighted by atomic mass is 32.1. The Bertz CT molecular complexity index is 483. The molecule has 0 aliphatic carbocycles. The Morgan fingerprint density at radius 1 is 1.41 bits per heavy atom. The highest BCUT2D eigenvalue weighted by Gasteiger charge is 2.07. The van der Waals surface area contributed by atoms with Crippen molar-refractivity contribution in [3.63, 3.8) is 0 Å². The number of carbonyl (C=O) groups is 1. The van der Waals surface area contributed by atoms with Crippen LogP contribution >= 0.6 is 11.3 Å². The minimum atomic E-state index is -0.297.